The van der Waals surface area contributed by atoms with Gasteiger partial charge in [-0.15, -0.1) is 0 Å². The van der Waals surface area contributed by atoms with Crippen LogP contribution < -0.4 is 5.43 Å². The van der Waals surface area contributed by atoms with E-state index in [-0.39, 0.29) is 5.91 Å². The Hall–Kier alpha value is -1.07. The molecular weight excluding hydrogens is 336 g/mol. The van der Waals surface area contributed by atoms with Crippen molar-refractivity contribution in [3.05, 3.63) is 57.2 Å². The van der Waals surface area contributed by atoms with Crippen molar-refractivity contribution in [3.63, 3.8) is 0 Å². The standard InChI is InChI=1S/C11H8Br2N2O/c12-9-5-8(6-10(13)7-9)11(16)14-15-3-1-2-4-15/h1-7H,(H,14,16). The lowest BCUT2D eigenvalue weighted by molar-refractivity contribution is 0.101. The molecule has 16 heavy (non-hydrogen) atoms. The Labute approximate surface area is 110 Å². The summed E-state index contributed by atoms with van der Waals surface area (Å²) in [6.45, 7) is 0. The zero-order valence-corrected chi connectivity index (χ0v) is 11.3. The molecule has 1 heterocycles. The van der Waals surface area contributed by atoms with Gasteiger partial charge in [-0.05, 0) is 30.3 Å². The number of halogens is 2. The van der Waals surface area contributed by atoms with Gasteiger partial charge in [-0.1, -0.05) is 31.9 Å². The Bertz CT molecular complexity index is 488. The zero-order valence-electron chi connectivity index (χ0n) is 8.15. The predicted molar refractivity (Wildman–Crippen MR) is 70.0 cm³/mol. The molecule has 82 valence electrons. The summed E-state index contributed by atoms with van der Waals surface area (Å²) in [6.07, 6.45) is 3.54. The van der Waals surface area contributed by atoms with Crippen LogP contribution in [0.5, 0.6) is 0 Å². The third-order valence-corrected chi connectivity index (χ3v) is 2.88. The Morgan fingerprint density at radius 2 is 1.62 bits per heavy atom. The van der Waals surface area contributed by atoms with Crippen LogP contribution in [0.1, 0.15) is 10.4 Å². The maximum atomic E-state index is 11.8. The first-order valence-electron chi connectivity index (χ1n) is 4.55. The number of nitrogens with zero attached hydrogens (tertiary/aromatic N) is 1. The average Bonchev–Trinajstić information content (AvgIpc) is 2.68. The van der Waals surface area contributed by atoms with E-state index in [1.807, 2.05) is 18.2 Å². The van der Waals surface area contributed by atoms with E-state index >= 15 is 0 Å². The first-order valence-corrected chi connectivity index (χ1v) is 6.14. The average molecular weight is 344 g/mol. The van der Waals surface area contributed by atoms with Crippen molar-refractivity contribution in [1.29, 1.82) is 0 Å². The molecule has 0 unspecified atom stereocenters. The SMILES string of the molecule is O=C(Nn1cccc1)c1cc(Br)cc(Br)c1. The fraction of sp³-hybridized carbons (Fsp3) is 0. The van der Waals surface area contributed by atoms with Crippen LogP contribution in [0, 0.1) is 0 Å². The van der Waals surface area contributed by atoms with Gasteiger partial charge >= 0.3 is 0 Å². The second-order valence-corrected chi connectivity index (χ2v) is 5.02. The highest BCUT2D eigenvalue weighted by atomic mass is 79.9. The van der Waals surface area contributed by atoms with Crippen molar-refractivity contribution in [2.75, 3.05) is 5.43 Å². The minimum atomic E-state index is -0.154. The predicted octanol–water partition coefficient (Wildman–Crippen LogP) is 3.40. The first-order chi connectivity index (χ1) is 7.65. The molecule has 0 spiro atoms. The maximum absolute atomic E-state index is 11.8. The minimum Gasteiger partial charge on any atom is -0.268 e. The van der Waals surface area contributed by atoms with Gasteiger partial charge in [0.1, 0.15) is 0 Å². The van der Waals surface area contributed by atoms with E-state index in [9.17, 15) is 4.79 Å². The number of hydrogen-bond acceptors (Lipinski definition) is 1. The van der Waals surface area contributed by atoms with Crippen LogP contribution in [0.4, 0.5) is 0 Å². The van der Waals surface area contributed by atoms with Crippen molar-refractivity contribution >= 4 is 37.8 Å². The molecule has 1 amide bonds. The number of benzene rings is 1. The molecular formula is C11H8Br2N2O. The molecule has 0 bridgehead atoms. The van der Waals surface area contributed by atoms with Crippen LogP contribution in [-0.2, 0) is 0 Å². The molecule has 0 aliphatic carbocycles. The fourth-order valence-corrected chi connectivity index (χ4v) is 2.57. The molecule has 0 radical (unpaired) electrons. The number of nitrogens with one attached hydrogen (secondary N) is 1. The summed E-state index contributed by atoms with van der Waals surface area (Å²) in [6, 6.07) is 9.10. The molecule has 2 rings (SSSR count). The molecule has 0 saturated carbocycles. The number of hydrogen-bond donors (Lipinski definition) is 1. The summed E-state index contributed by atoms with van der Waals surface area (Å²) in [7, 11) is 0. The van der Waals surface area contributed by atoms with Gasteiger partial charge in [0.25, 0.3) is 5.91 Å². The molecule has 1 aromatic heterocycles. The molecule has 3 nitrogen and oxygen atoms in total. The van der Waals surface area contributed by atoms with Crippen molar-refractivity contribution in [1.82, 2.24) is 4.68 Å². The third kappa shape index (κ3) is 2.74. The monoisotopic (exact) mass is 342 g/mol. The Kier molecular flexibility index (Phi) is 3.46. The number of aromatic nitrogens is 1. The molecule has 0 aliphatic heterocycles. The van der Waals surface area contributed by atoms with Gasteiger partial charge in [0.2, 0.25) is 0 Å². The number of rotatable bonds is 2. The Morgan fingerprint density at radius 3 is 2.19 bits per heavy atom. The van der Waals surface area contributed by atoms with Gasteiger partial charge in [-0.2, -0.15) is 0 Å². The summed E-state index contributed by atoms with van der Waals surface area (Å²) < 4.78 is 3.33. The number of carbonyl (C=O) groups is 1. The van der Waals surface area contributed by atoms with Crippen LogP contribution in [0.25, 0.3) is 0 Å². The summed E-state index contributed by atoms with van der Waals surface area (Å²) in [5, 5.41) is 0. The van der Waals surface area contributed by atoms with Gasteiger partial charge < -0.3 is 0 Å². The lowest BCUT2D eigenvalue weighted by Crippen LogP contribution is -2.21. The molecule has 0 atom stereocenters. The Balaban J connectivity index is 2.21. The van der Waals surface area contributed by atoms with E-state index in [0.29, 0.717) is 5.56 Å². The third-order valence-electron chi connectivity index (χ3n) is 1.96. The molecule has 1 aromatic carbocycles. The van der Waals surface area contributed by atoms with Crippen LogP contribution in [0.3, 0.4) is 0 Å². The van der Waals surface area contributed by atoms with Crippen LogP contribution >= 0.6 is 31.9 Å². The summed E-state index contributed by atoms with van der Waals surface area (Å²) in [5.74, 6) is -0.154. The van der Waals surface area contributed by atoms with Gasteiger partial charge in [0.05, 0.1) is 0 Å². The molecule has 2 aromatic rings. The molecule has 1 N–H and O–H groups in total. The minimum absolute atomic E-state index is 0.154. The lowest BCUT2D eigenvalue weighted by atomic mass is 10.2. The lowest BCUT2D eigenvalue weighted by Gasteiger charge is -2.06. The van der Waals surface area contributed by atoms with E-state index in [4.69, 9.17) is 0 Å². The van der Waals surface area contributed by atoms with Crippen LogP contribution in [0.2, 0.25) is 0 Å². The van der Waals surface area contributed by atoms with E-state index in [1.54, 1.807) is 29.2 Å². The highest BCUT2D eigenvalue weighted by Crippen LogP contribution is 2.20. The van der Waals surface area contributed by atoms with E-state index in [2.05, 4.69) is 37.3 Å². The molecule has 5 heteroatoms. The highest BCUT2D eigenvalue weighted by molar-refractivity contribution is 9.11. The smallest absolute Gasteiger partial charge is 0.268 e. The second-order valence-electron chi connectivity index (χ2n) is 3.19. The largest absolute Gasteiger partial charge is 0.270 e. The van der Waals surface area contributed by atoms with Gasteiger partial charge in [-0.3, -0.25) is 14.9 Å². The topological polar surface area (TPSA) is 34.0 Å². The van der Waals surface area contributed by atoms with E-state index in [1.165, 1.54) is 0 Å². The number of amides is 1. The summed E-state index contributed by atoms with van der Waals surface area (Å²) >= 11 is 6.68. The quantitative estimate of drug-likeness (QED) is 0.890. The molecule has 0 aliphatic rings. The van der Waals surface area contributed by atoms with E-state index in [0.717, 1.165) is 8.95 Å². The molecule has 0 fully saturated rings. The maximum Gasteiger partial charge on any atom is 0.270 e. The Morgan fingerprint density at radius 1 is 1.06 bits per heavy atom. The second kappa shape index (κ2) is 4.84. The highest BCUT2D eigenvalue weighted by Gasteiger charge is 2.07. The van der Waals surface area contributed by atoms with Gasteiger partial charge in [0.15, 0.2) is 0 Å². The fourth-order valence-electron chi connectivity index (χ4n) is 1.28. The first kappa shape index (κ1) is 11.4. The van der Waals surface area contributed by atoms with E-state index < -0.39 is 0 Å². The normalized spacial score (nSPS) is 10.1. The van der Waals surface area contributed by atoms with Crippen molar-refractivity contribution < 1.29 is 4.79 Å². The van der Waals surface area contributed by atoms with Gasteiger partial charge in [-0.25, -0.2) is 0 Å². The summed E-state index contributed by atoms with van der Waals surface area (Å²) in [5.41, 5.74) is 3.32. The molecule has 0 saturated heterocycles. The van der Waals surface area contributed by atoms with Gasteiger partial charge in [0, 0.05) is 26.9 Å². The summed E-state index contributed by atoms with van der Waals surface area (Å²) in [4.78, 5) is 11.8. The zero-order chi connectivity index (χ0) is 11.5. The van der Waals surface area contributed by atoms with Crippen molar-refractivity contribution in [2.24, 2.45) is 0 Å². The van der Waals surface area contributed by atoms with Crippen molar-refractivity contribution in [2.45, 2.75) is 0 Å². The van der Waals surface area contributed by atoms with Crippen LogP contribution in [0.15, 0.2) is 51.7 Å². The number of carbonyl (C=O) groups excluding carboxylic acids is 1. The van der Waals surface area contributed by atoms with Crippen LogP contribution in [-0.4, -0.2) is 10.6 Å². The van der Waals surface area contributed by atoms with Crippen molar-refractivity contribution in [3.8, 4) is 0 Å².